The minimum absolute atomic E-state index is 0. The van der Waals surface area contributed by atoms with Crippen LogP contribution >= 0.6 is 24.0 Å². The number of piperidine rings is 1. The quantitative estimate of drug-likeness (QED) is 0.273. The molecule has 4 rings (SSSR count). The van der Waals surface area contributed by atoms with Gasteiger partial charge in [-0.15, -0.1) is 34.2 Å². The average molecular weight is 560 g/mol. The molecule has 8 nitrogen and oxygen atoms in total. The molecule has 176 valence electrons. The molecule has 3 heterocycles. The van der Waals surface area contributed by atoms with Gasteiger partial charge in [0.25, 0.3) is 0 Å². The lowest BCUT2D eigenvalue weighted by atomic mass is 10.1. The number of benzene rings is 1. The van der Waals surface area contributed by atoms with Crippen LogP contribution in [0.1, 0.15) is 43.0 Å². The molecule has 1 unspecified atom stereocenters. The second-order valence-electron chi connectivity index (χ2n) is 8.26. The Morgan fingerprint density at radius 2 is 1.82 bits per heavy atom. The fraction of sp³-hybridized carbons (Fsp3) is 0.417. The lowest BCUT2D eigenvalue weighted by Gasteiger charge is -2.34. The van der Waals surface area contributed by atoms with Gasteiger partial charge in [-0.3, -0.25) is 0 Å². The van der Waals surface area contributed by atoms with E-state index in [1.54, 1.807) is 0 Å². The Bertz CT molecular complexity index is 1010. The molecule has 2 aromatic heterocycles. The summed E-state index contributed by atoms with van der Waals surface area (Å²) in [7, 11) is 1.97. The first kappa shape index (κ1) is 24.9. The number of hydrogen-bond donors (Lipinski definition) is 2. The van der Waals surface area contributed by atoms with Gasteiger partial charge in [-0.1, -0.05) is 36.4 Å². The second kappa shape index (κ2) is 12.0. The van der Waals surface area contributed by atoms with E-state index in [-0.39, 0.29) is 30.0 Å². The second-order valence-corrected chi connectivity index (χ2v) is 8.26. The number of halogens is 1. The largest absolute Gasteiger partial charge is 0.356 e. The summed E-state index contributed by atoms with van der Waals surface area (Å²) < 4.78 is 1.98. The normalized spacial score (nSPS) is 15.6. The summed E-state index contributed by atoms with van der Waals surface area (Å²) in [4.78, 5) is 11.7. The van der Waals surface area contributed by atoms with Crippen LogP contribution in [0.15, 0.2) is 59.7 Å². The van der Waals surface area contributed by atoms with Crippen LogP contribution in [0.25, 0.3) is 0 Å². The van der Waals surface area contributed by atoms with E-state index in [0.29, 0.717) is 12.6 Å². The number of guanidine groups is 1. The van der Waals surface area contributed by atoms with Crippen molar-refractivity contribution < 1.29 is 0 Å². The highest BCUT2D eigenvalue weighted by atomic mass is 127. The maximum Gasteiger partial charge on any atom is 0.192 e. The van der Waals surface area contributed by atoms with E-state index >= 15 is 0 Å². The SMILES string of the molecule is Cc1nnc(CN=C(NC2CCN(c3ccccn3)CC2)NC(C)c2ccccc2)n1C.I. The Balaban J connectivity index is 0.00000306. The highest BCUT2D eigenvalue weighted by Crippen LogP contribution is 2.18. The number of rotatable bonds is 6. The van der Waals surface area contributed by atoms with Crippen LogP contribution in [0.5, 0.6) is 0 Å². The monoisotopic (exact) mass is 560 g/mol. The van der Waals surface area contributed by atoms with E-state index in [9.17, 15) is 0 Å². The highest BCUT2D eigenvalue weighted by Gasteiger charge is 2.21. The molecule has 1 aliphatic rings. The Morgan fingerprint density at radius 3 is 2.45 bits per heavy atom. The number of nitrogens with one attached hydrogen (secondary N) is 2. The summed E-state index contributed by atoms with van der Waals surface area (Å²) in [5.41, 5.74) is 1.22. The molecule has 0 saturated carbocycles. The van der Waals surface area contributed by atoms with Gasteiger partial charge < -0.3 is 20.1 Å². The van der Waals surface area contributed by atoms with Crippen molar-refractivity contribution in [3.05, 3.63) is 71.9 Å². The van der Waals surface area contributed by atoms with Crippen molar-refractivity contribution >= 4 is 35.8 Å². The molecule has 0 spiro atoms. The van der Waals surface area contributed by atoms with Gasteiger partial charge in [-0.25, -0.2) is 9.98 Å². The number of aryl methyl sites for hydroxylation is 1. The molecule has 33 heavy (non-hydrogen) atoms. The summed E-state index contributed by atoms with van der Waals surface area (Å²) in [6.07, 6.45) is 3.91. The third kappa shape index (κ3) is 6.66. The minimum Gasteiger partial charge on any atom is -0.356 e. The summed E-state index contributed by atoms with van der Waals surface area (Å²) in [5, 5.41) is 15.6. The van der Waals surface area contributed by atoms with Crippen LogP contribution in [-0.2, 0) is 13.6 Å². The van der Waals surface area contributed by atoms with E-state index in [4.69, 9.17) is 4.99 Å². The Morgan fingerprint density at radius 1 is 1.09 bits per heavy atom. The molecular weight excluding hydrogens is 527 g/mol. The van der Waals surface area contributed by atoms with Crippen LogP contribution in [0.4, 0.5) is 5.82 Å². The fourth-order valence-electron chi connectivity index (χ4n) is 3.89. The third-order valence-corrected chi connectivity index (χ3v) is 6.02. The number of nitrogens with zero attached hydrogens (tertiary/aromatic N) is 6. The molecule has 1 saturated heterocycles. The molecule has 1 atom stereocenters. The number of anilines is 1. The van der Waals surface area contributed by atoms with Gasteiger partial charge in [-0.05, 0) is 44.4 Å². The molecule has 3 aromatic rings. The van der Waals surface area contributed by atoms with Crippen molar-refractivity contribution in [2.75, 3.05) is 18.0 Å². The predicted octanol–water partition coefficient (Wildman–Crippen LogP) is 3.60. The van der Waals surface area contributed by atoms with Gasteiger partial charge in [0, 0.05) is 32.4 Å². The van der Waals surface area contributed by atoms with Gasteiger partial charge in [0.15, 0.2) is 11.8 Å². The molecule has 9 heteroatoms. The Hall–Kier alpha value is -2.69. The first-order valence-electron chi connectivity index (χ1n) is 11.2. The summed E-state index contributed by atoms with van der Waals surface area (Å²) >= 11 is 0. The van der Waals surface area contributed by atoms with Gasteiger partial charge >= 0.3 is 0 Å². The van der Waals surface area contributed by atoms with E-state index in [1.807, 2.05) is 42.9 Å². The van der Waals surface area contributed by atoms with Crippen molar-refractivity contribution in [3.8, 4) is 0 Å². The maximum atomic E-state index is 4.85. The van der Waals surface area contributed by atoms with Crippen molar-refractivity contribution in [1.82, 2.24) is 30.4 Å². The van der Waals surface area contributed by atoms with Crippen LogP contribution < -0.4 is 15.5 Å². The molecule has 0 bridgehead atoms. The Labute approximate surface area is 212 Å². The number of aliphatic imine (C=N–C) groups is 1. The first-order chi connectivity index (χ1) is 15.6. The maximum absolute atomic E-state index is 4.85. The molecular formula is C24H33IN8. The van der Waals surface area contributed by atoms with E-state index in [0.717, 1.165) is 49.4 Å². The lowest BCUT2D eigenvalue weighted by Crippen LogP contribution is -2.49. The highest BCUT2D eigenvalue weighted by molar-refractivity contribution is 14.0. The summed E-state index contributed by atoms with van der Waals surface area (Å²) in [6.45, 7) is 6.52. The van der Waals surface area contributed by atoms with Crippen molar-refractivity contribution in [3.63, 3.8) is 0 Å². The molecule has 0 radical (unpaired) electrons. The molecule has 1 fully saturated rings. The molecule has 0 amide bonds. The van der Waals surface area contributed by atoms with Gasteiger partial charge in [0.1, 0.15) is 18.2 Å². The van der Waals surface area contributed by atoms with Gasteiger partial charge in [-0.2, -0.15) is 0 Å². The molecule has 2 N–H and O–H groups in total. The summed E-state index contributed by atoms with van der Waals surface area (Å²) in [6, 6.07) is 17.0. The topological polar surface area (TPSA) is 83.3 Å². The zero-order valence-electron chi connectivity index (χ0n) is 19.5. The molecule has 1 aromatic carbocycles. The fourth-order valence-corrected chi connectivity index (χ4v) is 3.89. The van der Waals surface area contributed by atoms with Crippen molar-refractivity contribution in [1.29, 1.82) is 0 Å². The van der Waals surface area contributed by atoms with Crippen LogP contribution in [0, 0.1) is 6.92 Å². The number of hydrogen-bond acceptors (Lipinski definition) is 5. The Kier molecular flexibility index (Phi) is 9.04. The zero-order chi connectivity index (χ0) is 22.3. The predicted molar refractivity (Wildman–Crippen MR) is 143 cm³/mol. The standard InChI is InChI=1S/C24H32N8.HI/c1-18(20-9-5-4-6-10-20)27-24(26-17-23-30-29-19(2)31(23)3)28-21-12-15-32(16-13-21)22-11-7-8-14-25-22;/h4-11,14,18,21H,12-13,15-17H2,1-3H3,(H2,26,27,28);1H. The zero-order valence-corrected chi connectivity index (χ0v) is 21.8. The third-order valence-electron chi connectivity index (χ3n) is 6.02. The minimum atomic E-state index is 0. The van der Waals surface area contributed by atoms with Crippen LogP contribution in [0.2, 0.25) is 0 Å². The van der Waals surface area contributed by atoms with E-state index in [2.05, 4.69) is 68.0 Å². The average Bonchev–Trinajstić information content (AvgIpc) is 3.16. The van der Waals surface area contributed by atoms with Gasteiger partial charge in [0.2, 0.25) is 0 Å². The van der Waals surface area contributed by atoms with Crippen molar-refractivity contribution in [2.45, 2.75) is 45.3 Å². The lowest BCUT2D eigenvalue weighted by molar-refractivity contribution is 0.456. The number of pyridine rings is 1. The van der Waals surface area contributed by atoms with E-state index in [1.165, 1.54) is 5.56 Å². The van der Waals surface area contributed by atoms with Crippen LogP contribution in [0.3, 0.4) is 0 Å². The van der Waals surface area contributed by atoms with Gasteiger partial charge in [0.05, 0.1) is 6.04 Å². The summed E-state index contributed by atoms with van der Waals surface area (Å²) in [5.74, 6) is 3.59. The molecule has 0 aliphatic carbocycles. The first-order valence-corrected chi connectivity index (χ1v) is 11.2. The smallest absolute Gasteiger partial charge is 0.192 e. The molecule has 1 aliphatic heterocycles. The number of aromatic nitrogens is 4. The van der Waals surface area contributed by atoms with Crippen LogP contribution in [-0.4, -0.2) is 44.8 Å². The van der Waals surface area contributed by atoms with Crippen molar-refractivity contribution in [2.24, 2.45) is 12.0 Å². The van der Waals surface area contributed by atoms with E-state index < -0.39 is 0 Å².